The Bertz CT molecular complexity index is 589. The van der Waals surface area contributed by atoms with E-state index >= 15 is 0 Å². The van der Waals surface area contributed by atoms with Crippen LogP contribution in [0.3, 0.4) is 0 Å². The molecule has 0 aromatic carbocycles. The molecular weight excluding hydrogens is 277 g/mol. The van der Waals surface area contributed by atoms with Gasteiger partial charge >= 0.3 is 6.18 Å². The zero-order chi connectivity index (χ0) is 13.5. The van der Waals surface area contributed by atoms with Gasteiger partial charge in [-0.25, -0.2) is 0 Å². The summed E-state index contributed by atoms with van der Waals surface area (Å²) in [4.78, 5) is 0. The maximum atomic E-state index is 12.7. The van der Waals surface area contributed by atoms with Gasteiger partial charge in [0.2, 0.25) is 0 Å². The Hall–Kier alpha value is -1.31. The minimum absolute atomic E-state index is 0.114. The number of fused-ring (bicyclic) bond motifs is 1. The van der Waals surface area contributed by atoms with Crippen molar-refractivity contribution in [3.8, 4) is 0 Å². The molecule has 1 saturated carbocycles. The zero-order valence-corrected chi connectivity index (χ0v) is 10.7. The summed E-state index contributed by atoms with van der Waals surface area (Å²) in [7, 11) is 0. The molecule has 0 N–H and O–H groups in total. The Labute approximate surface area is 111 Å². The van der Waals surface area contributed by atoms with E-state index in [-0.39, 0.29) is 5.65 Å². The normalized spacial score (nSPS) is 17.4. The minimum atomic E-state index is -4.54. The summed E-state index contributed by atoms with van der Waals surface area (Å²) in [6.45, 7) is 0. The first kappa shape index (κ1) is 12.7. The van der Waals surface area contributed by atoms with Crippen LogP contribution in [0, 0.1) is 0 Å². The van der Waals surface area contributed by atoms with Gasteiger partial charge in [-0.1, -0.05) is 12.8 Å². The van der Waals surface area contributed by atoms with Crippen LogP contribution in [0.1, 0.15) is 31.5 Å². The second-order valence-electron chi connectivity index (χ2n) is 4.49. The Morgan fingerprint density at radius 1 is 1.16 bits per heavy atom. The topological polar surface area (TPSA) is 43.1 Å². The number of aromatic nitrogens is 4. The van der Waals surface area contributed by atoms with E-state index in [1.807, 2.05) is 0 Å². The van der Waals surface area contributed by atoms with E-state index in [0.717, 1.165) is 17.4 Å². The number of rotatable bonds is 2. The summed E-state index contributed by atoms with van der Waals surface area (Å²) in [5, 5.41) is 11.7. The molecule has 1 fully saturated rings. The summed E-state index contributed by atoms with van der Waals surface area (Å²) >= 11 is 1.53. The number of nitrogens with zero attached hydrogens (tertiary/aromatic N) is 4. The van der Waals surface area contributed by atoms with Crippen molar-refractivity contribution >= 4 is 17.4 Å². The van der Waals surface area contributed by atoms with Crippen molar-refractivity contribution < 1.29 is 13.2 Å². The molecule has 0 unspecified atom stereocenters. The van der Waals surface area contributed by atoms with Gasteiger partial charge in [0, 0.05) is 5.25 Å². The summed E-state index contributed by atoms with van der Waals surface area (Å²) < 4.78 is 38.9. The molecule has 2 aromatic heterocycles. The number of hydrogen-bond donors (Lipinski definition) is 0. The van der Waals surface area contributed by atoms with Gasteiger partial charge in [-0.3, -0.25) is 0 Å². The van der Waals surface area contributed by atoms with Crippen LogP contribution >= 0.6 is 11.8 Å². The Morgan fingerprint density at radius 3 is 2.58 bits per heavy atom. The van der Waals surface area contributed by atoms with E-state index in [2.05, 4.69) is 15.3 Å². The van der Waals surface area contributed by atoms with Gasteiger partial charge < -0.3 is 0 Å². The Balaban J connectivity index is 1.94. The molecule has 102 valence electrons. The highest BCUT2D eigenvalue weighted by atomic mass is 32.2. The standard InChI is InChI=1S/C11H11F3N4S/c12-11(13,14)10-16-15-8-5-6-9(17-18(8)10)19-7-3-1-2-4-7/h5-7H,1-4H2. The molecule has 1 aliphatic carbocycles. The highest BCUT2D eigenvalue weighted by Crippen LogP contribution is 2.34. The summed E-state index contributed by atoms with van der Waals surface area (Å²) in [5.41, 5.74) is 0.114. The zero-order valence-electron chi connectivity index (χ0n) is 9.89. The monoisotopic (exact) mass is 288 g/mol. The van der Waals surface area contributed by atoms with E-state index in [0.29, 0.717) is 10.3 Å². The lowest BCUT2D eigenvalue weighted by atomic mass is 10.4. The summed E-state index contributed by atoms with van der Waals surface area (Å²) in [5.74, 6) is -1.07. The van der Waals surface area contributed by atoms with Crippen molar-refractivity contribution in [2.24, 2.45) is 0 Å². The van der Waals surface area contributed by atoms with Gasteiger partial charge in [0.15, 0.2) is 5.65 Å². The van der Waals surface area contributed by atoms with Crippen molar-refractivity contribution in [1.82, 2.24) is 19.8 Å². The number of hydrogen-bond acceptors (Lipinski definition) is 4. The first-order chi connectivity index (χ1) is 9.04. The Kier molecular flexibility index (Phi) is 3.12. The van der Waals surface area contributed by atoms with Crippen LogP contribution in [0.5, 0.6) is 0 Å². The molecule has 1 aliphatic rings. The molecule has 0 aliphatic heterocycles. The van der Waals surface area contributed by atoms with Crippen LogP contribution in [0.2, 0.25) is 0 Å². The number of alkyl halides is 3. The van der Waals surface area contributed by atoms with E-state index in [1.165, 1.54) is 30.7 Å². The first-order valence-corrected chi connectivity index (χ1v) is 6.88. The van der Waals surface area contributed by atoms with E-state index in [9.17, 15) is 13.2 Å². The van der Waals surface area contributed by atoms with Crippen molar-refractivity contribution in [3.63, 3.8) is 0 Å². The molecule has 4 nitrogen and oxygen atoms in total. The second kappa shape index (κ2) is 4.66. The molecule has 0 atom stereocenters. The third-order valence-corrected chi connectivity index (χ3v) is 4.35. The van der Waals surface area contributed by atoms with Crippen molar-refractivity contribution in [2.75, 3.05) is 0 Å². The van der Waals surface area contributed by atoms with E-state index in [1.54, 1.807) is 6.07 Å². The second-order valence-corrected chi connectivity index (χ2v) is 5.81. The maximum Gasteiger partial charge on any atom is 0.453 e. The quantitative estimate of drug-likeness (QED) is 0.851. The van der Waals surface area contributed by atoms with Crippen molar-refractivity contribution in [1.29, 1.82) is 0 Å². The SMILES string of the molecule is FC(F)(F)c1nnc2ccc(SC3CCCC3)nn12. The molecular formula is C11H11F3N4S. The average molecular weight is 288 g/mol. The fraction of sp³-hybridized carbons (Fsp3) is 0.545. The van der Waals surface area contributed by atoms with Crippen LogP contribution in [-0.4, -0.2) is 25.1 Å². The molecule has 0 amide bonds. The molecule has 2 heterocycles. The molecule has 8 heteroatoms. The van der Waals surface area contributed by atoms with Crippen molar-refractivity contribution in [2.45, 2.75) is 42.1 Å². The fourth-order valence-corrected chi connectivity index (χ4v) is 3.37. The Morgan fingerprint density at radius 2 is 1.89 bits per heavy atom. The fourth-order valence-electron chi connectivity index (χ4n) is 2.19. The predicted octanol–water partition coefficient (Wildman–Crippen LogP) is 3.18. The van der Waals surface area contributed by atoms with Gasteiger partial charge in [-0.15, -0.1) is 22.0 Å². The van der Waals surface area contributed by atoms with Gasteiger partial charge in [0.05, 0.1) is 0 Å². The third kappa shape index (κ3) is 2.54. The highest BCUT2D eigenvalue weighted by Gasteiger charge is 2.37. The third-order valence-electron chi connectivity index (χ3n) is 3.08. The lowest BCUT2D eigenvalue weighted by Crippen LogP contribution is -2.12. The van der Waals surface area contributed by atoms with Gasteiger partial charge in [-0.2, -0.15) is 22.8 Å². The van der Waals surface area contributed by atoms with Gasteiger partial charge in [0.1, 0.15) is 5.03 Å². The van der Waals surface area contributed by atoms with Crippen LogP contribution < -0.4 is 0 Å². The molecule has 19 heavy (non-hydrogen) atoms. The smallest absolute Gasteiger partial charge is 0.188 e. The van der Waals surface area contributed by atoms with Gasteiger partial charge in [0.25, 0.3) is 5.82 Å². The molecule has 0 bridgehead atoms. The number of thioether (sulfide) groups is 1. The highest BCUT2D eigenvalue weighted by molar-refractivity contribution is 7.99. The molecule has 3 rings (SSSR count). The van der Waals surface area contributed by atoms with Gasteiger partial charge in [-0.05, 0) is 25.0 Å². The van der Waals surface area contributed by atoms with Crippen LogP contribution in [-0.2, 0) is 6.18 Å². The lowest BCUT2D eigenvalue weighted by molar-refractivity contribution is -0.146. The van der Waals surface area contributed by atoms with E-state index in [4.69, 9.17) is 0 Å². The summed E-state index contributed by atoms with van der Waals surface area (Å²) in [6, 6.07) is 3.22. The number of halogens is 3. The predicted molar refractivity (Wildman–Crippen MR) is 63.9 cm³/mol. The van der Waals surface area contributed by atoms with E-state index < -0.39 is 12.0 Å². The van der Waals surface area contributed by atoms with Crippen molar-refractivity contribution in [3.05, 3.63) is 18.0 Å². The van der Waals surface area contributed by atoms with Crippen LogP contribution in [0.25, 0.3) is 5.65 Å². The molecule has 0 spiro atoms. The van der Waals surface area contributed by atoms with Crippen LogP contribution in [0.4, 0.5) is 13.2 Å². The summed E-state index contributed by atoms with van der Waals surface area (Å²) in [6.07, 6.45) is 0.0150. The maximum absolute atomic E-state index is 12.7. The molecule has 0 saturated heterocycles. The largest absolute Gasteiger partial charge is 0.453 e. The average Bonchev–Trinajstić information content (AvgIpc) is 2.95. The first-order valence-electron chi connectivity index (χ1n) is 6.00. The minimum Gasteiger partial charge on any atom is -0.188 e. The molecule has 2 aromatic rings. The van der Waals surface area contributed by atoms with Crippen LogP contribution in [0.15, 0.2) is 17.2 Å². The lowest BCUT2D eigenvalue weighted by Gasteiger charge is -2.08. The molecule has 0 radical (unpaired) electrons.